The smallest absolute Gasteiger partial charge is 0.453 e. The minimum atomic E-state index is -0.768. The maximum absolute atomic E-state index is 11.7. The average molecular weight is 1900 g/mol. The van der Waals surface area contributed by atoms with Crippen LogP contribution in [0, 0.1) is 0 Å². The molecule has 1 aromatic rings. The molecule has 0 spiro atoms. The minimum Gasteiger partial charge on any atom is -0.453 e. The number of aryl methyl sites for hydroxylation is 1. The zero-order valence-electron chi connectivity index (χ0n) is 65.6. The van der Waals surface area contributed by atoms with E-state index in [2.05, 4.69) is 143 Å². The summed E-state index contributed by atoms with van der Waals surface area (Å²) in [5, 5.41) is 34.3. The van der Waals surface area contributed by atoms with Gasteiger partial charge < -0.3 is 101 Å². The molecular weight excluding hydrogens is 1780 g/mol. The second kappa shape index (κ2) is 100.0. The standard InChI is InChI=1S/C16H29N3O5S2.C15H25N3O4S2.C7H10N2O2.C7H13NO2S2.C5H10BrNO2.C5H7N.C4H13NOSi.C3H4Br2O.C2H4S2.C2H6.Na/c1-12(26-13(2)25)14(20)17-10-11-24-16(22)19-9-7-5-4-6-8-18-15(21)23-3;1-12(24-13(2)23)14(20)17-9-10-22-15(21)18-8-6-4-3-5-7-16-11-19;10-6-8-4-2-1-3-5-9-7-11;1-5(12-6(2)11)7(10)8-3-4-9;1-4(6)5(9)7-2-3-8;1-6-4-2-3-5-6;1-7(2)6-4-3-5;1-2(4)3(5)6;1-2(3)4;1-2;/h12H,4-11H2,1-3H3,(H,17,20)(H,18,21)(H,19,22);12H,3-10H2,1-2H3,(H,17,20)(H,18,21);1-5H2;5,9H,3-4H2,1-2H3,(H,8,10);4,8H,2-3H2,1H3,(H,7,9);2-5H,1H3;7H,3-5H2,1-2H3;2H,1H3;1H3,(H,3,4);1-2H3;/q;;;;;;;;;;+1/p-1. The summed E-state index contributed by atoms with van der Waals surface area (Å²) in [7, 11) is 2.56. The molecule has 42 heteroatoms. The Labute approximate surface area is 730 Å². The molecule has 0 aliphatic heterocycles. The number of aliphatic hydroxyl groups is 2. The van der Waals surface area contributed by atoms with Crippen LogP contribution in [0.5, 0.6) is 0 Å². The van der Waals surface area contributed by atoms with Gasteiger partial charge in [0.2, 0.25) is 46.6 Å². The number of thioether (sulfide) groups is 3. The van der Waals surface area contributed by atoms with E-state index >= 15 is 0 Å². The number of alkyl halides is 2. The maximum Gasteiger partial charge on any atom is 1.00 e. The number of aliphatic imine (C=N–C) groups is 3. The van der Waals surface area contributed by atoms with E-state index in [0.29, 0.717) is 71.5 Å². The molecule has 1 aromatic heterocycles. The molecule has 108 heavy (non-hydrogen) atoms. The van der Waals surface area contributed by atoms with Crippen molar-refractivity contribution < 1.29 is 111 Å². The van der Waals surface area contributed by atoms with E-state index in [0.717, 1.165) is 81.4 Å². The SMILES string of the molecule is CC.CC(=S)SC(C)C(=O)NCCO.CC(=S)SC(C)C(=O)NCCOC(=O)NCCCCCCN=C=O.CC(=S)[S-].CC(Br)C(=O)Br.CC(Br)C(=O)NCCO.COC(=O)NCCCCCCNC(=O)OCCNC(=O)C(C)SC(C)=S.C[SiH](C)OCCN.Cn1cccc1.O=C=NCCCCCN=C=O.[Na+]. The number of methoxy groups -OCH3 is 1. The number of amides is 7. The van der Waals surface area contributed by atoms with Gasteiger partial charge in [-0.05, 0) is 141 Å². The number of nitrogens with one attached hydrogen (secondary N) is 7. The largest absolute Gasteiger partial charge is 1.00 e. The molecule has 5 atom stereocenters. The Bertz CT molecular complexity index is 2590. The number of hydrogen-bond acceptors (Lipinski definition) is 29. The molecule has 620 valence electrons. The quantitative estimate of drug-likeness (QED) is 0.00355. The van der Waals surface area contributed by atoms with Crippen molar-refractivity contribution in [1.82, 2.24) is 41.8 Å². The fourth-order valence-electron chi connectivity index (χ4n) is 5.91. The fourth-order valence-corrected chi connectivity index (χ4v) is 10.0. The maximum atomic E-state index is 11.7. The number of nitrogens with zero attached hydrogens (tertiary/aromatic N) is 4. The normalized spacial score (nSPS) is 10.6. The van der Waals surface area contributed by atoms with Crippen LogP contribution in [0.15, 0.2) is 39.5 Å². The first-order chi connectivity index (χ1) is 50.5. The van der Waals surface area contributed by atoms with E-state index in [9.17, 15) is 52.7 Å². The molecule has 0 aliphatic rings. The van der Waals surface area contributed by atoms with Crippen LogP contribution in [0.1, 0.15) is 147 Å². The Kier molecular flexibility index (Phi) is 116. The van der Waals surface area contributed by atoms with Crippen LogP contribution in [-0.4, -0.2) is 243 Å². The van der Waals surface area contributed by atoms with Crippen molar-refractivity contribution in [1.29, 1.82) is 0 Å². The van der Waals surface area contributed by atoms with Crippen LogP contribution in [-0.2, 0) is 76.7 Å². The molecule has 0 radical (unpaired) electrons. The number of rotatable bonds is 41. The molecule has 5 unspecified atom stereocenters. The second-order valence-corrected chi connectivity index (χ2v) is 35.5. The van der Waals surface area contributed by atoms with Crippen molar-refractivity contribution in [3.8, 4) is 0 Å². The van der Waals surface area contributed by atoms with Gasteiger partial charge in [0.1, 0.15) is 13.2 Å². The number of ether oxygens (including phenoxy) is 3. The Morgan fingerprint density at radius 2 is 0.815 bits per heavy atom. The summed E-state index contributed by atoms with van der Waals surface area (Å²) < 4.78 is 24.3. The first-order valence-electron chi connectivity index (χ1n) is 34.2. The summed E-state index contributed by atoms with van der Waals surface area (Å²) in [6.45, 7) is 30.1. The van der Waals surface area contributed by atoms with Crippen molar-refractivity contribution in [2.45, 2.75) is 185 Å². The van der Waals surface area contributed by atoms with Gasteiger partial charge >= 0.3 is 47.8 Å². The number of aliphatic hydroxyl groups excluding tert-OH is 2. The number of thiocarbonyl (C=S) groups is 4. The number of nitrogens with two attached hydrogens (primary N) is 1. The van der Waals surface area contributed by atoms with E-state index in [1.807, 2.05) is 50.0 Å². The Hall–Kier alpha value is -3.09. The molecule has 0 saturated carbocycles. The topological polar surface area (TPSA) is 417 Å². The summed E-state index contributed by atoms with van der Waals surface area (Å²) in [6.07, 6.45) is 16.8. The van der Waals surface area contributed by atoms with E-state index in [4.69, 9.17) is 66.5 Å². The minimum absolute atomic E-state index is 0. The van der Waals surface area contributed by atoms with Gasteiger partial charge in [-0.25, -0.2) is 43.7 Å². The number of carbonyl (C=O) groups is 8. The van der Waals surface area contributed by atoms with Crippen LogP contribution in [0.4, 0.5) is 14.4 Å². The van der Waals surface area contributed by atoms with Gasteiger partial charge in [-0.1, -0.05) is 115 Å². The summed E-state index contributed by atoms with van der Waals surface area (Å²) in [6, 6.07) is 4.00. The molecular formula is C66H120Br3N12NaO17S8Si. The van der Waals surface area contributed by atoms with Crippen LogP contribution >= 0.6 is 132 Å². The number of alkyl carbamates (subject to hydrolysis) is 3. The number of isocyanates is 3. The first-order valence-corrected chi connectivity index (χ1v) is 44.3. The molecule has 0 aromatic carbocycles. The van der Waals surface area contributed by atoms with E-state index in [1.54, 1.807) is 62.3 Å². The monoisotopic (exact) mass is 1900 g/mol. The summed E-state index contributed by atoms with van der Waals surface area (Å²) >= 11 is 36.3. The molecule has 0 aliphatic carbocycles. The first kappa shape index (κ1) is 126. The van der Waals surface area contributed by atoms with E-state index in [1.165, 1.54) is 60.6 Å². The fraction of sp³-hybridized carbons (Fsp3) is 0.712. The third-order valence-corrected chi connectivity index (χ3v) is 17.4. The number of halogens is 3. The summed E-state index contributed by atoms with van der Waals surface area (Å²) in [5.74, 6) is -0.445. The third-order valence-electron chi connectivity index (χ3n) is 10.8. The van der Waals surface area contributed by atoms with Gasteiger partial charge in [0.15, 0.2) is 9.04 Å². The van der Waals surface area contributed by atoms with E-state index < -0.39 is 27.3 Å². The van der Waals surface area contributed by atoms with Gasteiger partial charge in [0, 0.05) is 77.9 Å². The predicted octanol–water partition coefficient (Wildman–Crippen LogP) is 7.25. The van der Waals surface area contributed by atoms with Crippen molar-refractivity contribution >= 4 is 235 Å². The van der Waals surface area contributed by atoms with Gasteiger partial charge in [-0.3, -0.25) is 24.0 Å². The zero-order valence-corrected chi connectivity index (χ0v) is 80.1. The van der Waals surface area contributed by atoms with Gasteiger partial charge in [0.05, 0.1) is 78.5 Å². The molecule has 11 N–H and O–H groups in total. The molecule has 29 nitrogen and oxygen atoms in total. The Morgan fingerprint density at radius 1 is 0.528 bits per heavy atom. The van der Waals surface area contributed by atoms with Crippen LogP contribution < -0.4 is 72.5 Å². The molecule has 0 bridgehead atoms. The summed E-state index contributed by atoms with van der Waals surface area (Å²) in [5.41, 5.74) is 5.17. The van der Waals surface area contributed by atoms with Crippen molar-refractivity contribution in [3.63, 3.8) is 0 Å². The van der Waals surface area contributed by atoms with Crippen molar-refractivity contribution in [2.24, 2.45) is 27.8 Å². The van der Waals surface area contributed by atoms with E-state index in [-0.39, 0.29) is 123 Å². The molecule has 1 rings (SSSR count). The van der Waals surface area contributed by atoms with Crippen LogP contribution in [0.3, 0.4) is 0 Å². The van der Waals surface area contributed by atoms with Gasteiger partial charge in [-0.15, -0.1) is 35.3 Å². The number of unbranched alkanes of at least 4 members (excludes halogenated alkanes) is 8. The average Bonchev–Trinajstić information content (AvgIpc) is 1.16. The van der Waals surface area contributed by atoms with Crippen LogP contribution in [0.2, 0.25) is 13.1 Å². The molecule has 7 amide bonds. The van der Waals surface area contributed by atoms with Crippen molar-refractivity contribution in [2.75, 3.05) is 112 Å². The van der Waals surface area contributed by atoms with Crippen molar-refractivity contribution in [3.05, 3.63) is 24.5 Å². The van der Waals surface area contributed by atoms with Gasteiger partial charge in [0.25, 0.3) is 0 Å². The predicted molar refractivity (Wildman–Crippen MR) is 468 cm³/mol. The molecule has 0 saturated heterocycles. The van der Waals surface area contributed by atoms with Gasteiger partial charge in [-0.2, -0.15) is 4.20 Å². The van der Waals surface area contributed by atoms with Crippen LogP contribution in [0.25, 0.3) is 0 Å². The molecule has 0 fully saturated rings. The Morgan fingerprint density at radius 3 is 1.05 bits per heavy atom. The Balaban J connectivity index is -0.000000133. The number of carbonyl (C=O) groups excluding carboxylic acids is 11. The number of hydrogen-bond donors (Lipinski definition) is 10. The third kappa shape index (κ3) is 124. The summed E-state index contributed by atoms with van der Waals surface area (Å²) in [4.78, 5) is 128. The molecule has 1 heterocycles. The second-order valence-electron chi connectivity index (χ2n) is 20.8. The zero-order chi connectivity index (χ0) is 84.0. The number of aromatic nitrogens is 1.